The van der Waals surface area contributed by atoms with Crippen LogP contribution >= 0.6 is 0 Å². The van der Waals surface area contributed by atoms with Gasteiger partial charge in [-0.25, -0.2) is 0 Å². The summed E-state index contributed by atoms with van der Waals surface area (Å²) in [7, 11) is -15.5. The summed E-state index contributed by atoms with van der Waals surface area (Å²) in [6.45, 7) is 0. The molecule has 0 aliphatic rings. The van der Waals surface area contributed by atoms with E-state index < -0.39 is 31.2 Å². The summed E-state index contributed by atoms with van der Waals surface area (Å²) in [4.78, 5) is 0. The first kappa shape index (κ1) is 37.6. The SMILES string of the molecule is O=S(=O)([O-])[O-].O=S(=O)([O-])[O-].O=S(=O)([O-])[O-].[CaH2].[Dy+3].[Dy+3]. The summed E-state index contributed by atoms with van der Waals surface area (Å²) in [6.07, 6.45) is 0. The standard InChI is InChI=1S/Ca.2Dy.3H2O4S.2H/c;;;3*1-5(2,3)4;;/h;;;3*(H2,1,2,3,4);;/q;2*+3;;;;;/p-6. The van der Waals surface area contributed by atoms with E-state index in [2.05, 4.69) is 0 Å². The van der Waals surface area contributed by atoms with E-state index in [1.807, 2.05) is 0 Å². The van der Waals surface area contributed by atoms with E-state index >= 15 is 0 Å². The van der Waals surface area contributed by atoms with Crippen LogP contribution in [0.4, 0.5) is 0 Å². The van der Waals surface area contributed by atoms with Gasteiger partial charge in [-0.3, -0.25) is 25.3 Å². The van der Waals surface area contributed by atoms with E-state index in [9.17, 15) is 0 Å². The largest absolute Gasteiger partial charge is 3.00 e. The first-order valence-corrected chi connectivity index (χ1v) is 6.00. The van der Waals surface area contributed by atoms with Crippen molar-refractivity contribution in [3.05, 3.63) is 0 Å². The van der Waals surface area contributed by atoms with Crippen LogP contribution in [0.5, 0.6) is 0 Å². The van der Waals surface area contributed by atoms with Gasteiger partial charge in [-0.2, -0.15) is 0 Å². The van der Waals surface area contributed by atoms with E-state index in [0.29, 0.717) is 0 Å². The van der Waals surface area contributed by atoms with Crippen molar-refractivity contribution in [3.63, 3.8) is 0 Å². The minimum Gasteiger partial charge on any atom is 3.00 e. The molecule has 0 saturated carbocycles. The van der Waals surface area contributed by atoms with Crippen molar-refractivity contribution in [2.45, 2.75) is 0 Å². The van der Waals surface area contributed by atoms with Gasteiger partial charge in [0.05, 0.1) is 0 Å². The molecule has 0 fully saturated rings. The quantitative estimate of drug-likeness (QED) is 0.136. The third kappa shape index (κ3) is 564. The van der Waals surface area contributed by atoms with E-state index in [1.165, 1.54) is 0 Å². The average Bonchev–Trinajstić information content (AvgIpc) is 1.41. The van der Waals surface area contributed by atoms with Gasteiger partial charge in [-0.1, -0.05) is 0 Å². The van der Waals surface area contributed by atoms with Gasteiger partial charge in [-0.15, -0.1) is 0 Å². The number of rotatable bonds is 0. The maximum atomic E-state index is 8.52. The Balaban J connectivity index is -0.0000000277. The molecular formula is H2CaDy2O12S3. The Bertz CT molecular complexity index is 346. The molecule has 0 aliphatic carbocycles. The molecule has 0 aliphatic heterocycles. The molecule has 0 saturated heterocycles. The second kappa shape index (κ2) is 16.8. The molecule has 0 bridgehead atoms. The molecule has 0 rings (SSSR count). The van der Waals surface area contributed by atoms with Gasteiger partial charge in [-0.05, 0) is 0 Å². The molecule has 0 spiro atoms. The van der Waals surface area contributed by atoms with Gasteiger partial charge in [0.1, 0.15) is 0 Å². The molecule has 18 heteroatoms. The molecule has 2 radical (unpaired) electrons. The third-order valence-corrected chi connectivity index (χ3v) is 0. The Kier molecular flexibility index (Phi) is 35.0. The summed E-state index contributed by atoms with van der Waals surface area (Å²) < 4.78 is 102. The Morgan fingerprint density at radius 1 is 0.444 bits per heavy atom. The molecule has 0 heterocycles. The zero-order valence-electron chi connectivity index (χ0n) is 6.76. The van der Waals surface area contributed by atoms with Crippen molar-refractivity contribution in [1.82, 2.24) is 0 Å². The van der Waals surface area contributed by atoms with Crippen LogP contribution < -0.4 is 0 Å². The molecule has 0 unspecified atom stereocenters. The van der Waals surface area contributed by atoms with Crippen LogP contribution in [0.1, 0.15) is 0 Å². The molecule has 0 atom stereocenters. The fourth-order valence-electron chi connectivity index (χ4n) is 0. The van der Waals surface area contributed by atoms with Crippen molar-refractivity contribution in [2.75, 3.05) is 0 Å². The predicted molar refractivity (Wildman–Crippen MR) is 40.0 cm³/mol. The van der Waals surface area contributed by atoms with Crippen molar-refractivity contribution in [3.8, 4) is 0 Å². The molecule has 0 aromatic rings. The molecule has 0 N–H and O–H groups in total. The normalized spacial score (nSPS) is 9.67. The summed E-state index contributed by atoms with van der Waals surface area (Å²) in [5.74, 6) is 0. The van der Waals surface area contributed by atoms with Crippen LogP contribution in [0.3, 0.4) is 0 Å². The van der Waals surface area contributed by atoms with Gasteiger partial charge in [0.15, 0.2) is 0 Å². The average molecular weight is 655 g/mol. The third-order valence-electron chi connectivity index (χ3n) is 0. The molecule has 114 valence electrons. The van der Waals surface area contributed by atoms with E-state index in [0.717, 1.165) is 0 Å². The van der Waals surface area contributed by atoms with Gasteiger partial charge in [0.2, 0.25) is 0 Å². The smallest absolute Gasteiger partial charge is 3.00 e. The van der Waals surface area contributed by atoms with Crippen LogP contribution in [0.15, 0.2) is 0 Å². The first-order valence-electron chi connectivity index (χ1n) is 2.00. The van der Waals surface area contributed by atoms with Crippen molar-refractivity contribution < 1.29 is 129 Å². The van der Waals surface area contributed by atoms with Crippen molar-refractivity contribution in [2.24, 2.45) is 0 Å². The maximum Gasteiger partial charge on any atom is 3.00 e. The maximum absolute atomic E-state index is 8.52. The second-order valence-electron chi connectivity index (χ2n) is 1.22. The molecule has 0 amide bonds. The number of hydrogen-bond donors (Lipinski definition) is 0. The first-order chi connectivity index (χ1) is 6.00. The van der Waals surface area contributed by atoms with Gasteiger partial charge < -0.3 is 27.3 Å². The topological polar surface area (TPSA) is 241 Å². The van der Waals surface area contributed by atoms with Gasteiger partial charge in [0, 0.05) is 31.2 Å². The molecule has 0 aromatic carbocycles. The van der Waals surface area contributed by atoms with E-state index in [4.69, 9.17) is 52.6 Å². The summed E-state index contributed by atoms with van der Waals surface area (Å²) in [5.41, 5.74) is 0. The monoisotopic (exact) mass is 658 g/mol. The van der Waals surface area contributed by atoms with Gasteiger partial charge in [0.25, 0.3) is 0 Å². The van der Waals surface area contributed by atoms with E-state index in [-0.39, 0.29) is 114 Å². The summed E-state index contributed by atoms with van der Waals surface area (Å²) in [5, 5.41) is 0. The summed E-state index contributed by atoms with van der Waals surface area (Å²) in [6, 6.07) is 0. The van der Waals surface area contributed by atoms with Crippen molar-refractivity contribution >= 4 is 68.9 Å². The van der Waals surface area contributed by atoms with Crippen molar-refractivity contribution in [1.29, 1.82) is 0 Å². The van der Waals surface area contributed by atoms with E-state index in [1.54, 1.807) is 0 Å². The second-order valence-corrected chi connectivity index (χ2v) is 3.67. The fourth-order valence-corrected chi connectivity index (χ4v) is 0. The molecule has 0 aromatic heterocycles. The van der Waals surface area contributed by atoms with Crippen LogP contribution in [0, 0.1) is 76.3 Å². The molecule has 18 heavy (non-hydrogen) atoms. The Morgan fingerprint density at radius 2 is 0.444 bits per heavy atom. The van der Waals surface area contributed by atoms with Crippen LogP contribution in [0.2, 0.25) is 0 Å². The minimum atomic E-state index is -5.17. The van der Waals surface area contributed by atoms with Crippen LogP contribution in [-0.4, -0.2) is 90.3 Å². The zero-order chi connectivity index (χ0) is 13.5. The summed E-state index contributed by atoms with van der Waals surface area (Å²) >= 11 is 0. The zero-order valence-corrected chi connectivity index (χ0v) is 13.3. The predicted octanol–water partition coefficient (Wildman–Crippen LogP) is -4.93. The number of hydrogen-bond acceptors (Lipinski definition) is 12. The minimum absolute atomic E-state index is 0. The Morgan fingerprint density at radius 3 is 0.444 bits per heavy atom. The van der Waals surface area contributed by atoms with Gasteiger partial charge >= 0.3 is 114 Å². The van der Waals surface area contributed by atoms with Crippen LogP contribution in [-0.2, 0) is 31.2 Å². The Hall–Kier alpha value is 3.42. The molecule has 12 nitrogen and oxygen atoms in total. The Labute approximate surface area is 193 Å². The van der Waals surface area contributed by atoms with Crippen LogP contribution in [0.25, 0.3) is 0 Å². The molecular weight excluding hydrogens is 653 g/mol. The fraction of sp³-hybridized carbons (Fsp3) is 0.